The molecule has 0 bridgehead atoms. The molecule has 0 aliphatic carbocycles. The van der Waals surface area contributed by atoms with Crippen LogP contribution in [0.1, 0.15) is 18.4 Å². The number of nitrogens with zero attached hydrogens (tertiary/aromatic N) is 1. The Hall–Kier alpha value is -0.160. The average molecular weight is 351 g/mol. The predicted molar refractivity (Wildman–Crippen MR) is 79.5 cm³/mol. The topological polar surface area (TPSA) is 12.5 Å². The predicted octanol–water partition coefficient (Wildman–Crippen LogP) is 3.86. The summed E-state index contributed by atoms with van der Waals surface area (Å²) < 4.78 is 18.7. The van der Waals surface area contributed by atoms with Crippen LogP contribution in [0.2, 0.25) is 5.02 Å². The highest BCUT2D eigenvalue weighted by Crippen LogP contribution is 2.21. The number of hydrogen-bond acceptors (Lipinski definition) is 2. The van der Waals surface area contributed by atoms with E-state index in [1.165, 1.54) is 12.1 Å². The monoisotopic (exact) mass is 349 g/mol. The van der Waals surface area contributed by atoms with Crippen molar-refractivity contribution in [1.29, 1.82) is 0 Å². The van der Waals surface area contributed by atoms with Gasteiger partial charge in [-0.05, 0) is 30.5 Å². The maximum absolute atomic E-state index is 13.0. The number of hydrogen-bond donors (Lipinski definition) is 0. The van der Waals surface area contributed by atoms with Gasteiger partial charge in [-0.15, -0.1) is 0 Å². The average Bonchev–Trinajstić information content (AvgIpc) is 2.41. The Kier molecular flexibility index (Phi) is 6.07. The lowest BCUT2D eigenvalue weighted by molar-refractivity contribution is 0.0141. The van der Waals surface area contributed by atoms with Gasteiger partial charge >= 0.3 is 0 Å². The van der Waals surface area contributed by atoms with Gasteiger partial charge in [0.1, 0.15) is 5.82 Å². The molecule has 0 unspecified atom stereocenters. The minimum atomic E-state index is -0.282. The van der Waals surface area contributed by atoms with Crippen molar-refractivity contribution in [2.45, 2.75) is 25.5 Å². The minimum absolute atomic E-state index is 0.282. The van der Waals surface area contributed by atoms with E-state index in [-0.39, 0.29) is 5.82 Å². The lowest BCUT2D eigenvalue weighted by atomic mass is 10.1. The first-order valence-electron chi connectivity index (χ1n) is 6.53. The molecule has 1 saturated heterocycles. The second kappa shape index (κ2) is 7.58. The number of alkyl halides is 1. The molecule has 0 spiro atoms. The summed E-state index contributed by atoms with van der Waals surface area (Å²) in [4.78, 5) is 2.34. The number of rotatable bonds is 5. The smallest absolute Gasteiger partial charge is 0.124 e. The highest BCUT2D eigenvalue weighted by molar-refractivity contribution is 9.09. The first kappa shape index (κ1) is 15.2. The van der Waals surface area contributed by atoms with Crippen molar-refractivity contribution in [2.24, 2.45) is 0 Å². The zero-order valence-electron chi connectivity index (χ0n) is 10.7. The quantitative estimate of drug-likeness (QED) is 0.748. The summed E-state index contributed by atoms with van der Waals surface area (Å²) >= 11 is 9.41. The number of halogens is 3. The molecule has 1 aliphatic heterocycles. The molecule has 1 aromatic carbocycles. The van der Waals surface area contributed by atoms with Gasteiger partial charge in [0.2, 0.25) is 0 Å². The van der Waals surface area contributed by atoms with Crippen molar-refractivity contribution < 1.29 is 9.13 Å². The Bertz CT molecular complexity index is 410. The van der Waals surface area contributed by atoms with Crippen molar-refractivity contribution in [1.82, 2.24) is 4.90 Å². The fourth-order valence-electron chi connectivity index (χ4n) is 2.34. The molecule has 0 amide bonds. The summed E-state index contributed by atoms with van der Waals surface area (Å²) in [5, 5.41) is 1.40. The van der Waals surface area contributed by atoms with Gasteiger partial charge in [0, 0.05) is 30.0 Å². The van der Waals surface area contributed by atoms with Crippen LogP contribution in [0.5, 0.6) is 0 Å². The summed E-state index contributed by atoms with van der Waals surface area (Å²) in [6, 6.07) is 4.61. The van der Waals surface area contributed by atoms with Crippen LogP contribution in [0.3, 0.4) is 0 Å². The molecule has 2 rings (SSSR count). The number of likely N-dealkylation sites (tertiary alicyclic amines) is 1. The van der Waals surface area contributed by atoms with Crippen LogP contribution in [-0.4, -0.2) is 36.0 Å². The van der Waals surface area contributed by atoms with Gasteiger partial charge < -0.3 is 4.74 Å². The summed E-state index contributed by atoms with van der Waals surface area (Å²) in [7, 11) is 0. The Morgan fingerprint density at radius 3 is 2.74 bits per heavy atom. The third-order valence-electron chi connectivity index (χ3n) is 3.37. The molecule has 106 valence electrons. The molecule has 5 heteroatoms. The van der Waals surface area contributed by atoms with E-state index in [1.54, 1.807) is 6.07 Å². The number of benzene rings is 1. The number of piperidine rings is 1. The summed E-state index contributed by atoms with van der Waals surface area (Å²) in [6.07, 6.45) is 2.47. The largest absolute Gasteiger partial charge is 0.377 e. The third-order valence-corrected chi connectivity index (χ3v) is 4.05. The molecule has 0 saturated carbocycles. The second-order valence-electron chi connectivity index (χ2n) is 4.77. The van der Waals surface area contributed by atoms with Gasteiger partial charge in [0.15, 0.2) is 0 Å². The SMILES string of the molecule is Fc1ccc(CN2CCC(OCCBr)CC2)c(Cl)c1. The van der Waals surface area contributed by atoms with Crippen molar-refractivity contribution in [2.75, 3.05) is 25.0 Å². The van der Waals surface area contributed by atoms with Crippen molar-refractivity contribution in [3.63, 3.8) is 0 Å². The van der Waals surface area contributed by atoms with E-state index in [0.717, 1.165) is 50.0 Å². The van der Waals surface area contributed by atoms with Crippen LogP contribution in [0.4, 0.5) is 4.39 Å². The number of ether oxygens (including phenoxy) is 1. The highest BCUT2D eigenvalue weighted by Gasteiger charge is 2.20. The third kappa shape index (κ3) is 4.71. The van der Waals surface area contributed by atoms with Gasteiger partial charge in [-0.3, -0.25) is 4.90 Å². The van der Waals surface area contributed by atoms with Crippen molar-refractivity contribution in [3.8, 4) is 0 Å². The molecule has 1 aromatic rings. The molecular formula is C14H18BrClFNO. The van der Waals surface area contributed by atoms with Gasteiger partial charge in [0.25, 0.3) is 0 Å². The summed E-state index contributed by atoms with van der Waals surface area (Å²) in [6.45, 7) is 3.56. The maximum Gasteiger partial charge on any atom is 0.124 e. The summed E-state index contributed by atoms with van der Waals surface area (Å²) in [5.41, 5.74) is 0.989. The first-order chi connectivity index (χ1) is 9.19. The van der Waals surface area contributed by atoms with Crippen LogP contribution < -0.4 is 0 Å². The summed E-state index contributed by atoms with van der Waals surface area (Å²) in [5.74, 6) is -0.282. The molecule has 1 aliphatic rings. The molecule has 0 radical (unpaired) electrons. The molecule has 2 nitrogen and oxygen atoms in total. The minimum Gasteiger partial charge on any atom is -0.377 e. The Morgan fingerprint density at radius 2 is 2.11 bits per heavy atom. The first-order valence-corrected chi connectivity index (χ1v) is 8.03. The highest BCUT2D eigenvalue weighted by atomic mass is 79.9. The lowest BCUT2D eigenvalue weighted by Crippen LogP contribution is -2.36. The van der Waals surface area contributed by atoms with Gasteiger partial charge in [0.05, 0.1) is 12.7 Å². The van der Waals surface area contributed by atoms with E-state index >= 15 is 0 Å². The van der Waals surface area contributed by atoms with E-state index in [0.29, 0.717) is 11.1 Å². The van der Waals surface area contributed by atoms with Gasteiger partial charge in [-0.25, -0.2) is 4.39 Å². The van der Waals surface area contributed by atoms with E-state index in [4.69, 9.17) is 16.3 Å². The van der Waals surface area contributed by atoms with Gasteiger partial charge in [-0.1, -0.05) is 33.6 Å². The van der Waals surface area contributed by atoms with Crippen LogP contribution in [0, 0.1) is 5.82 Å². The molecule has 1 heterocycles. The Morgan fingerprint density at radius 1 is 1.37 bits per heavy atom. The Labute approximate surface area is 127 Å². The lowest BCUT2D eigenvalue weighted by Gasteiger charge is -2.32. The zero-order chi connectivity index (χ0) is 13.7. The van der Waals surface area contributed by atoms with E-state index < -0.39 is 0 Å². The molecule has 1 fully saturated rings. The van der Waals surface area contributed by atoms with Crippen molar-refractivity contribution in [3.05, 3.63) is 34.6 Å². The van der Waals surface area contributed by atoms with Crippen LogP contribution in [0.15, 0.2) is 18.2 Å². The van der Waals surface area contributed by atoms with E-state index in [1.807, 2.05) is 0 Å². The maximum atomic E-state index is 13.0. The molecule has 0 atom stereocenters. The molecular weight excluding hydrogens is 333 g/mol. The standard InChI is InChI=1S/C14H18BrClFNO/c15-5-8-19-13-3-6-18(7-4-13)10-11-1-2-12(17)9-14(11)16/h1-2,9,13H,3-8,10H2. The van der Waals surface area contributed by atoms with Crippen LogP contribution in [-0.2, 0) is 11.3 Å². The normalized spacial score (nSPS) is 17.8. The van der Waals surface area contributed by atoms with Crippen LogP contribution >= 0.6 is 27.5 Å². The zero-order valence-corrected chi connectivity index (χ0v) is 13.1. The van der Waals surface area contributed by atoms with E-state index in [2.05, 4.69) is 20.8 Å². The van der Waals surface area contributed by atoms with Gasteiger partial charge in [-0.2, -0.15) is 0 Å². The Balaban J connectivity index is 1.82. The molecule has 0 aromatic heterocycles. The fourth-order valence-corrected chi connectivity index (χ4v) is 2.75. The molecule has 19 heavy (non-hydrogen) atoms. The fraction of sp³-hybridized carbons (Fsp3) is 0.571. The molecule has 0 N–H and O–H groups in total. The van der Waals surface area contributed by atoms with Crippen LogP contribution in [0.25, 0.3) is 0 Å². The second-order valence-corrected chi connectivity index (χ2v) is 5.97. The van der Waals surface area contributed by atoms with E-state index in [9.17, 15) is 4.39 Å². The van der Waals surface area contributed by atoms with Crippen molar-refractivity contribution >= 4 is 27.5 Å².